The van der Waals surface area contributed by atoms with Crippen molar-refractivity contribution in [3.63, 3.8) is 0 Å². The van der Waals surface area contributed by atoms with E-state index in [9.17, 15) is 8.42 Å². The minimum Gasteiger partial charge on any atom is -0.330 e. The van der Waals surface area contributed by atoms with E-state index >= 15 is 0 Å². The van der Waals surface area contributed by atoms with Crippen LogP contribution in [0.5, 0.6) is 0 Å². The summed E-state index contributed by atoms with van der Waals surface area (Å²) in [4.78, 5) is 4.76. The molecule has 1 aliphatic rings. The normalized spacial score (nSPS) is 20.0. The van der Waals surface area contributed by atoms with Crippen LogP contribution in [-0.4, -0.2) is 76.0 Å². The molecule has 7 nitrogen and oxygen atoms in total. The van der Waals surface area contributed by atoms with E-state index < -0.39 is 10.2 Å². The summed E-state index contributed by atoms with van der Waals surface area (Å²) in [5.74, 6) is 0. The van der Waals surface area contributed by atoms with Crippen molar-refractivity contribution in [2.75, 3.05) is 53.4 Å². The van der Waals surface area contributed by atoms with E-state index in [0.717, 1.165) is 13.1 Å². The van der Waals surface area contributed by atoms with E-state index in [2.05, 4.69) is 9.73 Å². The molecule has 1 rings (SSSR count). The minimum absolute atomic E-state index is 0.444. The number of hydrazine groups is 1. The molecule has 0 saturated carbocycles. The first kappa shape index (κ1) is 14.8. The average molecular weight is 265 g/mol. The van der Waals surface area contributed by atoms with Gasteiger partial charge in [0, 0.05) is 39.8 Å². The fourth-order valence-electron chi connectivity index (χ4n) is 1.56. The second-order valence-electron chi connectivity index (χ2n) is 4.35. The highest BCUT2D eigenvalue weighted by Gasteiger charge is 2.22. The van der Waals surface area contributed by atoms with Crippen LogP contribution >= 0.6 is 0 Å². The van der Waals surface area contributed by atoms with Crippen molar-refractivity contribution in [3.05, 3.63) is 0 Å². The zero-order valence-electron chi connectivity index (χ0n) is 10.6. The summed E-state index contributed by atoms with van der Waals surface area (Å²) in [5.41, 5.74) is 5.36. The van der Waals surface area contributed by atoms with Crippen LogP contribution in [0.2, 0.25) is 0 Å². The highest BCUT2D eigenvalue weighted by molar-refractivity contribution is 7.87. The SMILES string of the molecule is CN1CCN(NS(=O)(=O)N(C)CCCN)CC1. The number of nitrogens with one attached hydrogen (secondary N) is 1. The molecule has 0 bridgehead atoms. The molecule has 8 heteroatoms. The highest BCUT2D eigenvalue weighted by Crippen LogP contribution is 2.00. The standard InChI is InChI=1S/C9H23N5O2S/c1-12-6-8-14(9-7-12)11-17(15,16)13(2)5-3-4-10/h11H,3-10H2,1-2H3. The van der Waals surface area contributed by atoms with Crippen LogP contribution in [0.4, 0.5) is 0 Å². The lowest BCUT2D eigenvalue weighted by atomic mass is 10.4. The molecule has 0 spiro atoms. The molecule has 0 aliphatic carbocycles. The molecule has 0 amide bonds. The van der Waals surface area contributed by atoms with Crippen molar-refractivity contribution in [1.82, 2.24) is 19.0 Å². The quantitative estimate of drug-likeness (QED) is 0.596. The zero-order chi connectivity index (χ0) is 12.9. The largest absolute Gasteiger partial charge is 0.330 e. The number of likely N-dealkylation sites (N-methyl/N-ethyl adjacent to an activating group) is 1. The summed E-state index contributed by atoms with van der Waals surface area (Å²) in [6.07, 6.45) is 0.667. The Kier molecular flexibility index (Phi) is 5.77. The molecule has 0 atom stereocenters. The molecule has 3 N–H and O–H groups in total. The maximum Gasteiger partial charge on any atom is 0.292 e. The van der Waals surface area contributed by atoms with Crippen molar-refractivity contribution >= 4 is 10.2 Å². The Balaban J connectivity index is 2.43. The molecule has 0 aromatic rings. The van der Waals surface area contributed by atoms with Crippen molar-refractivity contribution in [2.45, 2.75) is 6.42 Å². The van der Waals surface area contributed by atoms with E-state index in [-0.39, 0.29) is 0 Å². The first-order valence-corrected chi connectivity index (χ1v) is 7.27. The van der Waals surface area contributed by atoms with Gasteiger partial charge in [-0.2, -0.15) is 12.7 Å². The van der Waals surface area contributed by atoms with Gasteiger partial charge in [-0.1, -0.05) is 0 Å². The van der Waals surface area contributed by atoms with Crippen LogP contribution in [0.3, 0.4) is 0 Å². The summed E-state index contributed by atoms with van der Waals surface area (Å²) in [5, 5.41) is 1.74. The molecule has 0 radical (unpaired) electrons. The molecule has 0 unspecified atom stereocenters. The van der Waals surface area contributed by atoms with Crippen molar-refractivity contribution in [1.29, 1.82) is 0 Å². The third kappa shape index (κ3) is 4.86. The van der Waals surface area contributed by atoms with Gasteiger partial charge in [0.05, 0.1) is 0 Å². The maximum atomic E-state index is 11.9. The van der Waals surface area contributed by atoms with Crippen LogP contribution in [0, 0.1) is 0 Å². The number of hydrogen-bond donors (Lipinski definition) is 2. The third-order valence-corrected chi connectivity index (χ3v) is 4.33. The van der Waals surface area contributed by atoms with Gasteiger partial charge in [-0.05, 0) is 20.0 Å². The lowest BCUT2D eigenvalue weighted by molar-refractivity contribution is 0.132. The summed E-state index contributed by atoms with van der Waals surface area (Å²) in [6, 6.07) is 0. The number of piperazine rings is 1. The van der Waals surface area contributed by atoms with Crippen LogP contribution in [0.25, 0.3) is 0 Å². The van der Waals surface area contributed by atoms with E-state index in [0.29, 0.717) is 32.6 Å². The molecule has 17 heavy (non-hydrogen) atoms. The predicted octanol–water partition coefficient (Wildman–Crippen LogP) is -1.74. The van der Waals surface area contributed by atoms with Gasteiger partial charge in [0.25, 0.3) is 10.2 Å². The molecule has 0 aromatic heterocycles. The van der Waals surface area contributed by atoms with Gasteiger partial charge in [0.2, 0.25) is 0 Å². The lowest BCUT2D eigenvalue weighted by Crippen LogP contribution is -2.55. The predicted molar refractivity (Wildman–Crippen MR) is 67.4 cm³/mol. The Morgan fingerprint density at radius 1 is 1.29 bits per heavy atom. The second-order valence-corrected chi connectivity index (χ2v) is 6.11. The average Bonchev–Trinajstić information content (AvgIpc) is 2.28. The molecule has 1 saturated heterocycles. The first-order valence-electron chi connectivity index (χ1n) is 5.83. The Bertz CT molecular complexity index is 313. The van der Waals surface area contributed by atoms with Crippen molar-refractivity contribution < 1.29 is 8.42 Å². The fourth-order valence-corrected chi connectivity index (χ4v) is 2.58. The minimum atomic E-state index is -3.41. The van der Waals surface area contributed by atoms with E-state index in [1.165, 1.54) is 4.31 Å². The lowest BCUT2D eigenvalue weighted by Gasteiger charge is -2.33. The van der Waals surface area contributed by atoms with Crippen LogP contribution < -0.4 is 10.6 Å². The van der Waals surface area contributed by atoms with Gasteiger partial charge >= 0.3 is 0 Å². The molecule has 102 valence electrons. The van der Waals surface area contributed by atoms with E-state index in [1.54, 1.807) is 12.1 Å². The van der Waals surface area contributed by atoms with Crippen molar-refractivity contribution in [2.24, 2.45) is 5.73 Å². The Morgan fingerprint density at radius 2 is 1.88 bits per heavy atom. The van der Waals surface area contributed by atoms with Gasteiger partial charge in [-0.25, -0.2) is 5.01 Å². The number of nitrogens with two attached hydrogens (primary N) is 1. The van der Waals surface area contributed by atoms with Gasteiger partial charge < -0.3 is 10.6 Å². The molecule has 1 fully saturated rings. The summed E-state index contributed by atoms with van der Waals surface area (Å²) >= 11 is 0. The first-order chi connectivity index (χ1) is 7.95. The van der Waals surface area contributed by atoms with Gasteiger partial charge in [-0.3, -0.25) is 0 Å². The molecule has 1 heterocycles. The molecular formula is C9H23N5O2S. The summed E-state index contributed by atoms with van der Waals surface area (Å²) in [6.45, 7) is 4.10. The Hall–Kier alpha value is -0.250. The topological polar surface area (TPSA) is 81.9 Å². The van der Waals surface area contributed by atoms with Crippen LogP contribution in [-0.2, 0) is 10.2 Å². The van der Waals surface area contributed by atoms with Crippen LogP contribution in [0.15, 0.2) is 0 Å². The summed E-state index contributed by atoms with van der Waals surface area (Å²) < 4.78 is 25.1. The number of hydrogen-bond acceptors (Lipinski definition) is 5. The zero-order valence-corrected chi connectivity index (χ0v) is 11.4. The third-order valence-electron chi connectivity index (χ3n) is 2.84. The summed E-state index contributed by atoms with van der Waals surface area (Å²) in [7, 11) is 0.176. The Morgan fingerprint density at radius 3 is 2.41 bits per heavy atom. The number of rotatable bonds is 6. The van der Waals surface area contributed by atoms with Gasteiger partial charge in [0.1, 0.15) is 0 Å². The maximum absolute atomic E-state index is 11.9. The Labute approximate surface area is 104 Å². The monoisotopic (exact) mass is 265 g/mol. The van der Waals surface area contributed by atoms with Gasteiger partial charge in [0.15, 0.2) is 0 Å². The van der Waals surface area contributed by atoms with E-state index in [4.69, 9.17) is 5.73 Å². The number of nitrogens with zero attached hydrogens (tertiary/aromatic N) is 3. The molecule has 1 aliphatic heterocycles. The molecule has 0 aromatic carbocycles. The second kappa shape index (κ2) is 6.62. The van der Waals surface area contributed by atoms with Gasteiger partial charge in [-0.15, -0.1) is 4.83 Å². The van der Waals surface area contributed by atoms with Crippen molar-refractivity contribution in [3.8, 4) is 0 Å². The van der Waals surface area contributed by atoms with Crippen LogP contribution in [0.1, 0.15) is 6.42 Å². The fraction of sp³-hybridized carbons (Fsp3) is 1.00. The highest BCUT2D eigenvalue weighted by atomic mass is 32.2. The smallest absolute Gasteiger partial charge is 0.292 e. The molecular weight excluding hydrogens is 242 g/mol. The van der Waals surface area contributed by atoms with E-state index in [1.807, 2.05) is 7.05 Å².